The molecule has 144 valence electrons. The molecule has 0 radical (unpaired) electrons. The molecule has 4 rings (SSSR count). The Balaban J connectivity index is 1.69. The molecule has 0 spiro atoms. The Morgan fingerprint density at radius 3 is 2.61 bits per heavy atom. The van der Waals surface area contributed by atoms with E-state index in [4.69, 9.17) is 11.6 Å². The van der Waals surface area contributed by atoms with E-state index in [2.05, 4.69) is 5.32 Å². The highest BCUT2D eigenvalue weighted by Crippen LogP contribution is 2.27. The molecule has 28 heavy (non-hydrogen) atoms. The lowest BCUT2D eigenvalue weighted by atomic mass is 10.0. The molecule has 1 aliphatic heterocycles. The summed E-state index contributed by atoms with van der Waals surface area (Å²) in [6.07, 6.45) is 0.463. The number of pyridine rings is 1. The highest BCUT2D eigenvalue weighted by atomic mass is 35.5. The van der Waals surface area contributed by atoms with Crippen LogP contribution >= 0.6 is 11.6 Å². The van der Waals surface area contributed by atoms with E-state index in [9.17, 15) is 14.0 Å². The third-order valence-corrected chi connectivity index (χ3v) is 5.53. The zero-order valence-electron chi connectivity index (χ0n) is 15.6. The van der Waals surface area contributed by atoms with Crippen LogP contribution in [0.15, 0.2) is 41.2 Å². The van der Waals surface area contributed by atoms with Crippen molar-refractivity contribution < 1.29 is 9.18 Å². The molecule has 0 fully saturated rings. The fraction of sp³-hybridized carbons (Fsp3) is 0.238. The number of aryl methyl sites for hydroxylation is 2. The number of halogens is 2. The quantitative estimate of drug-likeness (QED) is 0.665. The first-order valence-electron chi connectivity index (χ1n) is 8.98. The zero-order chi connectivity index (χ0) is 20.0. The predicted octanol–water partition coefficient (Wildman–Crippen LogP) is 4.23. The number of carbonyl (C=O) groups is 1. The smallest absolute Gasteiger partial charge is 0.322 e. The van der Waals surface area contributed by atoms with Gasteiger partial charge in [0.2, 0.25) is 0 Å². The number of anilines is 1. The number of aromatic nitrogens is 1. The minimum Gasteiger partial charge on any atom is -0.345 e. The lowest BCUT2D eigenvalue weighted by molar-refractivity contribution is 0.205. The molecule has 2 aromatic carbocycles. The van der Waals surface area contributed by atoms with Crippen LogP contribution in [0.3, 0.4) is 0 Å². The number of hydrogen-bond acceptors (Lipinski definition) is 2. The van der Waals surface area contributed by atoms with Gasteiger partial charge in [-0.3, -0.25) is 4.79 Å². The van der Waals surface area contributed by atoms with Crippen LogP contribution in [-0.2, 0) is 20.0 Å². The zero-order valence-corrected chi connectivity index (χ0v) is 16.3. The molecule has 2 amide bonds. The van der Waals surface area contributed by atoms with Crippen LogP contribution < -0.4 is 10.7 Å². The highest BCUT2D eigenvalue weighted by molar-refractivity contribution is 6.31. The molecule has 5 nitrogen and oxygen atoms in total. The van der Waals surface area contributed by atoms with Crippen molar-refractivity contribution in [3.8, 4) is 0 Å². The number of rotatable bonds is 1. The second-order valence-electron chi connectivity index (χ2n) is 7.04. The number of nitrogens with zero attached hydrogens (tertiary/aromatic N) is 2. The largest absolute Gasteiger partial charge is 0.345 e. The molecule has 0 unspecified atom stereocenters. The summed E-state index contributed by atoms with van der Waals surface area (Å²) in [6, 6.07) is 10.2. The van der Waals surface area contributed by atoms with Gasteiger partial charge in [0, 0.05) is 42.3 Å². The van der Waals surface area contributed by atoms with E-state index in [0.29, 0.717) is 24.2 Å². The van der Waals surface area contributed by atoms with Crippen LogP contribution in [0.25, 0.3) is 10.9 Å². The summed E-state index contributed by atoms with van der Waals surface area (Å²) >= 11 is 5.90. The van der Waals surface area contributed by atoms with Crippen LogP contribution in [0, 0.1) is 12.7 Å². The van der Waals surface area contributed by atoms with Crippen molar-refractivity contribution in [2.45, 2.75) is 19.9 Å². The van der Waals surface area contributed by atoms with Crippen molar-refractivity contribution in [1.82, 2.24) is 9.47 Å². The molecule has 0 aliphatic carbocycles. The summed E-state index contributed by atoms with van der Waals surface area (Å²) in [5.41, 5.74) is 3.00. The van der Waals surface area contributed by atoms with Crippen molar-refractivity contribution in [2.24, 2.45) is 7.05 Å². The van der Waals surface area contributed by atoms with Gasteiger partial charge in [-0.2, -0.15) is 0 Å². The van der Waals surface area contributed by atoms with Crippen LogP contribution in [0.2, 0.25) is 5.02 Å². The average molecular weight is 400 g/mol. The first-order chi connectivity index (χ1) is 13.4. The van der Waals surface area contributed by atoms with Crippen LogP contribution in [0.1, 0.15) is 16.8 Å². The number of benzene rings is 2. The van der Waals surface area contributed by atoms with E-state index < -0.39 is 5.82 Å². The molecule has 0 atom stereocenters. The van der Waals surface area contributed by atoms with Crippen molar-refractivity contribution >= 4 is 34.2 Å². The molecular formula is C21H19ClFN3O2. The maximum absolute atomic E-state index is 14.5. The molecule has 0 bridgehead atoms. The van der Waals surface area contributed by atoms with E-state index in [1.54, 1.807) is 16.5 Å². The molecule has 0 saturated heterocycles. The minimum absolute atomic E-state index is 0.0163. The van der Waals surface area contributed by atoms with Gasteiger partial charge in [-0.15, -0.1) is 0 Å². The van der Waals surface area contributed by atoms with Crippen LogP contribution in [0.4, 0.5) is 14.9 Å². The van der Waals surface area contributed by atoms with Crippen molar-refractivity contribution in [3.63, 3.8) is 0 Å². The van der Waals surface area contributed by atoms with E-state index in [0.717, 1.165) is 11.3 Å². The first-order valence-corrected chi connectivity index (χ1v) is 9.35. The number of nitrogens with one attached hydrogen (secondary N) is 1. The Bertz CT molecular complexity index is 1160. The molecule has 3 aromatic rings. The normalized spacial score (nSPS) is 13.5. The highest BCUT2D eigenvalue weighted by Gasteiger charge is 2.27. The van der Waals surface area contributed by atoms with Crippen LogP contribution in [-0.4, -0.2) is 22.0 Å². The van der Waals surface area contributed by atoms with Gasteiger partial charge in [-0.1, -0.05) is 29.3 Å². The Kier molecular flexibility index (Phi) is 4.59. The summed E-state index contributed by atoms with van der Waals surface area (Å²) in [5, 5.41) is 3.11. The molecule has 1 aliphatic rings. The molecule has 7 heteroatoms. The maximum Gasteiger partial charge on any atom is 0.322 e. The van der Waals surface area contributed by atoms with E-state index in [-0.39, 0.29) is 33.9 Å². The van der Waals surface area contributed by atoms with Crippen molar-refractivity contribution in [1.29, 1.82) is 0 Å². The van der Waals surface area contributed by atoms with Gasteiger partial charge in [-0.05, 0) is 31.2 Å². The SMILES string of the molecule is Cc1ccc(NC(=O)N2CCc3c(c(=O)c4ccc(Cl)c(F)c4n3C)C2)cc1. The number of hydrogen-bond donors (Lipinski definition) is 1. The predicted molar refractivity (Wildman–Crippen MR) is 108 cm³/mol. The fourth-order valence-electron chi connectivity index (χ4n) is 3.69. The van der Waals surface area contributed by atoms with E-state index >= 15 is 0 Å². The molecule has 0 saturated carbocycles. The lowest BCUT2D eigenvalue weighted by Crippen LogP contribution is -2.42. The van der Waals surface area contributed by atoms with Crippen molar-refractivity contribution in [2.75, 3.05) is 11.9 Å². The summed E-state index contributed by atoms with van der Waals surface area (Å²) < 4.78 is 16.2. The van der Waals surface area contributed by atoms with Gasteiger partial charge in [0.25, 0.3) is 0 Å². The van der Waals surface area contributed by atoms with Gasteiger partial charge < -0.3 is 14.8 Å². The number of amides is 2. The molecular weight excluding hydrogens is 381 g/mol. The van der Waals surface area contributed by atoms with Gasteiger partial charge in [0.15, 0.2) is 11.2 Å². The Morgan fingerprint density at radius 1 is 1.18 bits per heavy atom. The average Bonchev–Trinajstić information content (AvgIpc) is 2.69. The molecule has 1 N–H and O–H groups in total. The first kappa shape index (κ1) is 18.5. The second kappa shape index (κ2) is 6.95. The number of carbonyl (C=O) groups excluding carboxylic acids is 1. The number of urea groups is 1. The Hall–Kier alpha value is -2.86. The van der Waals surface area contributed by atoms with Gasteiger partial charge in [-0.25, -0.2) is 9.18 Å². The van der Waals surface area contributed by atoms with E-state index in [1.807, 2.05) is 31.2 Å². The number of fused-ring (bicyclic) bond motifs is 2. The molecule has 1 aromatic heterocycles. The monoisotopic (exact) mass is 399 g/mol. The summed E-state index contributed by atoms with van der Waals surface area (Å²) in [6.45, 7) is 2.59. The van der Waals surface area contributed by atoms with Crippen molar-refractivity contribution in [3.05, 3.63) is 74.3 Å². The summed E-state index contributed by atoms with van der Waals surface area (Å²) in [4.78, 5) is 27.2. The topological polar surface area (TPSA) is 54.3 Å². The standard InChI is InChI=1S/C21H19ClFN3O2/c1-12-3-5-13(6-4-12)24-21(28)26-10-9-17-15(11-26)20(27)14-7-8-16(22)18(23)19(14)25(17)2/h3-8H,9-11H2,1-2H3,(H,24,28). The van der Waals surface area contributed by atoms with Gasteiger partial charge in [0.1, 0.15) is 0 Å². The Morgan fingerprint density at radius 2 is 1.89 bits per heavy atom. The lowest BCUT2D eigenvalue weighted by Gasteiger charge is -2.30. The molecule has 2 heterocycles. The van der Waals surface area contributed by atoms with Gasteiger partial charge >= 0.3 is 6.03 Å². The summed E-state index contributed by atoms with van der Waals surface area (Å²) in [5.74, 6) is -0.596. The van der Waals surface area contributed by atoms with Crippen LogP contribution in [0.5, 0.6) is 0 Å². The summed E-state index contributed by atoms with van der Waals surface area (Å²) in [7, 11) is 1.72. The third-order valence-electron chi connectivity index (χ3n) is 5.23. The Labute approximate surface area is 166 Å². The van der Waals surface area contributed by atoms with Gasteiger partial charge in [0.05, 0.1) is 17.1 Å². The second-order valence-corrected chi connectivity index (χ2v) is 7.45. The maximum atomic E-state index is 14.5. The minimum atomic E-state index is -0.596. The van der Waals surface area contributed by atoms with E-state index in [1.165, 1.54) is 12.1 Å². The fourth-order valence-corrected chi connectivity index (χ4v) is 3.84. The third kappa shape index (κ3) is 3.03.